The summed E-state index contributed by atoms with van der Waals surface area (Å²) in [7, 11) is 0. The molecule has 0 heterocycles. The van der Waals surface area contributed by atoms with E-state index < -0.39 is 0 Å². The highest BCUT2D eigenvalue weighted by atomic mass is 14.2. The second-order valence-electron chi connectivity index (χ2n) is 5.84. The van der Waals surface area contributed by atoms with Crippen LogP contribution in [0.3, 0.4) is 0 Å². The van der Waals surface area contributed by atoms with Gasteiger partial charge in [-0.05, 0) is 40.8 Å². The third-order valence-electron chi connectivity index (χ3n) is 3.13. The van der Waals surface area contributed by atoms with Crippen molar-refractivity contribution < 1.29 is 0 Å². The lowest BCUT2D eigenvalue weighted by Crippen LogP contribution is -2.10. The quantitative estimate of drug-likeness (QED) is 0.629. The van der Waals surface area contributed by atoms with Crippen molar-refractivity contribution in [2.75, 3.05) is 0 Å². The maximum atomic E-state index is 3.16. The Kier molecular flexibility index (Phi) is 4.43. The zero-order valence-corrected chi connectivity index (χ0v) is 12.4. The van der Waals surface area contributed by atoms with Gasteiger partial charge in [-0.25, -0.2) is 0 Å². The van der Waals surface area contributed by atoms with E-state index in [9.17, 15) is 0 Å². The van der Waals surface area contributed by atoms with Crippen LogP contribution in [0, 0.1) is 11.8 Å². The first kappa shape index (κ1) is 14.2. The molecule has 0 heteroatoms. The predicted molar refractivity (Wildman–Crippen MR) is 87.5 cm³/mol. The highest BCUT2D eigenvalue weighted by molar-refractivity contribution is 5.53. The van der Waals surface area contributed by atoms with Crippen LogP contribution in [0.15, 0.2) is 60.7 Å². The van der Waals surface area contributed by atoms with Crippen LogP contribution in [0.4, 0.5) is 0 Å². The second kappa shape index (κ2) is 6.26. The Labute approximate surface area is 122 Å². The molecule has 0 aromatic heterocycles. The van der Waals surface area contributed by atoms with Gasteiger partial charge in [0.15, 0.2) is 0 Å². The fourth-order valence-corrected chi connectivity index (χ4v) is 1.88. The Morgan fingerprint density at radius 2 is 1.50 bits per heavy atom. The Morgan fingerprint density at radius 1 is 0.850 bits per heavy atom. The molecule has 0 aliphatic heterocycles. The summed E-state index contributed by atoms with van der Waals surface area (Å²) in [5, 5.41) is 0. The predicted octanol–water partition coefficient (Wildman–Crippen LogP) is 5.05. The fraction of sp³-hybridized carbons (Fsp3) is 0.200. The van der Waals surface area contributed by atoms with Crippen molar-refractivity contribution in [2.24, 2.45) is 0 Å². The summed E-state index contributed by atoms with van der Waals surface area (Å²) < 4.78 is 0. The summed E-state index contributed by atoms with van der Waals surface area (Å²) in [6, 6.07) is 18.7. The number of benzene rings is 2. The third kappa shape index (κ3) is 4.14. The summed E-state index contributed by atoms with van der Waals surface area (Å²) in [4.78, 5) is 0. The molecule has 0 amide bonds. The van der Waals surface area contributed by atoms with Gasteiger partial charge < -0.3 is 0 Å². The van der Waals surface area contributed by atoms with Gasteiger partial charge in [-0.15, -0.1) is 0 Å². The first-order valence-electron chi connectivity index (χ1n) is 6.89. The smallest absolute Gasteiger partial charge is 0.0249 e. The van der Waals surface area contributed by atoms with Crippen molar-refractivity contribution >= 4 is 6.08 Å². The minimum atomic E-state index is 0.194. The van der Waals surface area contributed by atoms with Crippen LogP contribution in [0.25, 0.3) is 6.08 Å². The van der Waals surface area contributed by atoms with Crippen LogP contribution in [0.2, 0.25) is 0 Å². The number of hydrogen-bond acceptors (Lipinski definition) is 0. The molecule has 0 atom stereocenters. The van der Waals surface area contributed by atoms with Gasteiger partial charge in [0.25, 0.3) is 0 Å². The van der Waals surface area contributed by atoms with Crippen LogP contribution in [0.5, 0.6) is 0 Å². The largest absolute Gasteiger partial charge is 0.0696 e. The molecule has 20 heavy (non-hydrogen) atoms. The summed E-state index contributed by atoms with van der Waals surface area (Å²) in [6.45, 7) is 6.66. The minimum absolute atomic E-state index is 0.194. The SMILES string of the molecule is CC(C)(C)c1ccc(C#C/C=C/c2ccccc2)cc1. The van der Waals surface area contributed by atoms with E-state index in [1.165, 1.54) is 11.1 Å². The highest BCUT2D eigenvalue weighted by Crippen LogP contribution is 2.21. The van der Waals surface area contributed by atoms with Crippen LogP contribution < -0.4 is 0 Å². The van der Waals surface area contributed by atoms with Gasteiger partial charge in [-0.2, -0.15) is 0 Å². The molecule has 0 spiro atoms. The lowest BCUT2D eigenvalue weighted by atomic mass is 9.87. The zero-order valence-electron chi connectivity index (χ0n) is 12.4. The molecule has 2 aromatic rings. The summed E-state index contributed by atoms with van der Waals surface area (Å²) >= 11 is 0. The van der Waals surface area contributed by atoms with Crippen molar-refractivity contribution in [2.45, 2.75) is 26.2 Å². The molecule has 0 radical (unpaired) electrons. The third-order valence-corrected chi connectivity index (χ3v) is 3.13. The van der Waals surface area contributed by atoms with Crippen molar-refractivity contribution in [1.29, 1.82) is 0 Å². The van der Waals surface area contributed by atoms with Gasteiger partial charge in [0, 0.05) is 5.56 Å². The first-order chi connectivity index (χ1) is 9.55. The lowest BCUT2D eigenvalue weighted by Gasteiger charge is -2.18. The van der Waals surface area contributed by atoms with Gasteiger partial charge in [0.2, 0.25) is 0 Å². The summed E-state index contributed by atoms with van der Waals surface area (Å²) in [5.74, 6) is 6.23. The van der Waals surface area contributed by atoms with E-state index in [1.807, 2.05) is 30.4 Å². The molecule has 0 N–H and O–H groups in total. The molecule has 0 aliphatic carbocycles. The molecule has 0 fully saturated rings. The molecule has 100 valence electrons. The van der Waals surface area contributed by atoms with Gasteiger partial charge >= 0.3 is 0 Å². The van der Waals surface area contributed by atoms with Crippen molar-refractivity contribution in [3.8, 4) is 11.8 Å². The normalized spacial score (nSPS) is 11.2. The van der Waals surface area contributed by atoms with E-state index in [2.05, 4.69) is 69.0 Å². The monoisotopic (exact) mass is 260 g/mol. The molecule has 0 saturated heterocycles. The summed E-state index contributed by atoms with van der Waals surface area (Å²) in [6.07, 6.45) is 3.92. The van der Waals surface area contributed by atoms with Crippen molar-refractivity contribution in [3.63, 3.8) is 0 Å². The standard InChI is InChI=1S/C20H20/c1-20(2,3)19-15-13-18(14-16-19)12-8-7-11-17-9-5-4-6-10-17/h4-7,9-11,13-16H,1-3H3/b11-7+. The van der Waals surface area contributed by atoms with E-state index in [1.54, 1.807) is 0 Å². The molecule has 0 saturated carbocycles. The average Bonchev–Trinajstić information content (AvgIpc) is 2.44. The lowest BCUT2D eigenvalue weighted by molar-refractivity contribution is 0.590. The number of rotatable bonds is 1. The molecule has 2 rings (SSSR count). The van der Waals surface area contributed by atoms with E-state index in [4.69, 9.17) is 0 Å². The van der Waals surface area contributed by atoms with Gasteiger partial charge in [0.05, 0.1) is 0 Å². The Balaban J connectivity index is 2.05. The molecular weight excluding hydrogens is 240 g/mol. The van der Waals surface area contributed by atoms with E-state index in [0.717, 1.165) is 5.56 Å². The maximum Gasteiger partial charge on any atom is 0.0249 e. The molecule has 0 bridgehead atoms. The zero-order chi connectivity index (χ0) is 14.4. The van der Waals surface area contributed by atoms with Crippen LogP contribution >= 0.6 is 0 Å². The number of hydrogen-bond donors (Lipinski definition) is 0. The Hall–Kier alpha value is -2.26. The van der Waals surface area contributed by atoms with E-state index >= 15 is 0 Å². The highest BCUT2D eigenvalue weighted by Gasteiger charge is 2.12. The summed E-state index contributed by atoms with van der Waals surface area (Å²) in [5.41, 5.74) is 3.75. The Morgan fingerprint density at radius 3 is 2.10 bits per heavy atom. The van der Waals surface area contributed by atoms with E-state index in [-0.39, 0.29) is 5.41 Å². The van der Waals surface area contributed by atoms with Gasteiger partial charge in [0.1, 0.15) is 0 Å². The Bertz CT molecular complexity index is 626. The van der Waals surface area contributed by atoms with E-state index in [0.29, 0.717) is 0 Å². The van der Waals surface area contributed by atoms with Crippen molar-refractivity contribution in [3.05, 3.63) is 77.4 Å². The van der Waals surface area contributed by atoms with Crippen LogP contribution in [0.1, 0.15) is 37.5 Å². The topological polar surface area (TPSA) is 0 Å². The van der Waals surface area contributed by atoms with Crippen LogP contribution in [-0.4, -0.2) is 0 Å². The molecule has 0 unspecified atom stereocenters. The maximum absolute atomic E-state index is 3.16. The molecule has 2 aromatic carbocycles. The minimum Gasteiger partial charge on any atom is -0.0696 e. The number of allylic oxidation sites excluding steroid dienone is 1. The van der Waals surface area contributed by atoms with Gasteiger partial charge in [-0.3, -0.25) is 0 Å². The van der Waals surface area contributed by atoms with Gasteiger partial charge in [-0.1, -0.05) is 75.1 Å². The van der Waals surface area contributed by atoms with Crippen molar-refractivity contribution in [1.82, 2.24) is 0 Å². The second-order valence-corrected chi connectivity index (χ2v) is 5.84. The average molecular weight is 260 g/mol. The molecule has 0 nitrogen and oxygen atoms in total. The van der Waals surface area contributed by atoms with Crippen LogP contribution in [-0.2, 0) is 5.41 Å². The fourth-order valence-electron chi connectivity index (χ4n) is 1.88. The first-order valence-corrected chi connectivity index (χ1v) is 6.89. The molecule has 0 aliphatic rings. The molecular formula is C20H20.